The Labute approximate surface area is 161 Å². The molecule has 0 saturated carbocycles. The van der Waals surface area contributed by atoms with Gasteiger partial charge in [-0.3, -0.25) is 15.0 Å². The Hall–Kier alpha value is -1.52. The van der Waals surface area contributed by atoms with Crippen molar-refractivity contribution in [2.24, 2.45) is 0 Å². The van der Waals surface area contributed by atoms with Crippen LogP contribution < -0.4 is 0 Å². The van der Waals surface area contributed by atoms with E-state index >= 15 is 0 Å². The lowest BCUT2D eigenvalue weighted by atomic mass is 10.1. The second kappa shape index (κ2) is 7.61. The summed E-state index contributed by atoms with van der Waals surface area (Å²) in [5.41, 5.74) is 0.908. The molecule has 0 amide bonds. The summed E-state index contributed by atoms with van der Waals surface area (Å²) >= 11 is 6.91. The molecular weight excluding hydrogens is 398 g/mol. The second-order valence-corrected chi connectivity index (χ2v) is 9.91. The van der Waals surface area contributed by atoms with Gasteiger partial charge in [-0.25, -0.2) is 8.42 Å². The van der Waals surface area contributed by atoms with E-state index < -0.39 is 14.9 Å². The molecule has 2 heterocycles. The summed E-state index contributed by atoms with van der Waals surface area (Å²) in [5, 5.41) is 11.0. The Morgan fingerprint density at radius 2 is 1.88 bits per heavy atom. The van der Waals surface area contributed by atoms with E-state index in [2.05, 4.69) is 4.90 Å². The lowest BCUT2D eigenvalue weighted by molar-refractivity contribution is -0.385. The molecule has 0 aliphatic carbocycles. The zero-order chi connectivity index (χ0) is 18.9. The largest absolute Gasteiger partial charge is 0.294 e. The van der Waals surface area contributed by atoms with E-state index in [0.717, 1.165) is 16.9 Å². The van der Waals surface area contributed by atoms with Crippen LogP contribution in [0.3, 0.4) is 0 Å². The van der Waals surface area contributed by atoms with Crippen molar-refractivity contribution in [3.63, 3.8) is 0 Å². The van der Waals surface area contributed by atoms with E-state index in [1.54, 1.807) is 18.2 Å². The third-order valence-corrected chi connectivity index (χ3v) is 8.12. The molecule has 26 heavy (non-hydrogen) atoms. The average Bonchev–Trinajstić information content (AvgIpc) is 3.08. The minimum atomic E-state index is -3.52. The smallest absolute Gasteiger partial charge is 0.269 e. The number of nitrogens with zero attached hydrogens (tertiary/aromatic N) is 3. The third-order valence-electron chi connectivity index (χ3n) is 4.53. The fourth-order valence-corrected chi connectivity index (χ4v) is 6.06. The molecule has 0 N–H and O–H groups in total. The maximum absolute atomic E-state index is 12.7. The predicted octanol–water partition coefficient (Wildman–Crippen LogP) is 3.38. The van der Waals surface area contributed by atoms with Crippen molar-refractivity contribution in [2.75, 3.05) is 26.2 Å². The molecule has 1 atom stereocenters. The fraction of sp³-hybridized carbons (Fsp3) is 0.375. The zero-order valence-corrected chi connectivity index (χ0v) is 16.4. The van der Waals surface area contributed by atoms with Crippen LogP contribution in [0.1, 0.15) is 18.5 Å². The molecule has 2 aromatic rings. The Kier molecular flexibility index (Phi) is 5.64. The second-order valence-electron chi connectivity index (χ2n) is 6.03. The van der Waals surface area contributed by atoms with Crippen LogP contribution in [0.15, 0.2) is 40.6 Å². The molecule has 0 bridgehead atoms. The first-order chi connectivity index (χ1) is 12.3. The summed E-state index contributed by atoms with van der Waals surface area (Å²) in [6.07, 6.45) is 0. The van der Waals surface area contributed by atoms with Gasteiger partial charge in [0, 0.05) is 44.4 Å². The molecular formula is C16H18ClN3O4S2. The summed E-state index contributed by atoms with van der Waals surface area (Å²) in [7, 11) is -3.52. The van der Waals surface area contributed by atoms with Gasteiger partial charge in [0.1, 0.15) is 4.21 Å². The van der Waals surface area contributed by atoms with Crippen molar-refractivity contribution in [1.82, 2.24) is 9.21 Å². The normalized spacial score (nSPS) is 17.9. The maximum Gasteiger partial charge on any atom is 0.269 e. The van der Waals surface area contributed by atoms with Gasteiger partial charge >= 0.3 is 0 Å². The highest BCUT2D eigenvalue weighted by Crippen LogP contribution is 2.30. The summed E-state index contributed by atoms with van der Waals surface area (Å²) in [4.78, 5) is 12.7. The number of benzene rings is 1. The van der Waals surface area contributed by atoms with Crippen molar-refractivity contribution >= 4 is 38.6 Å². The van der Waals surface area contributed by atoms with Crippen LogP contribution in [0, 0.1) is 10.1 Å². The minimum Gasteiger partial charge on any atom is -0.294 e. The average molecular weight is 416 g/mol. The van der Waals surface area contributed by atoms with Crippen LogP contribution >= 0.6 is 22.9 Å². The highest BCUT2D eigenvalue weighted by Gasteiger charge is 2.31. The molecule has 7 nitrogen and oxygen atoms in total. The molecule has 140 valence electrons. The molecule has 0 spiro atoms. The molecule has 1 fully saturated rings. The first-order valence-electron chi connectivity index (χ1n) is 8.03. The number of rotatable bonds is 5. The SMILES string of the molecule is CC(c1cccc([N+](=O)[O-])c1)N1CCN(S(=O)(=O)c2ccc(Cl)s2)CC1. The molecule has 1 aromatic heterocycles. The van der Waals surface area contributed by atoms with Gasteiger partial charge in [-0.2, -0.15) is 4.31 Å². The molecule has 1 aliphatic rings. The molecule has 1 aliphatic heterocycles. The van der Waals surface area contributed by atoms with Crippen LogP contribution in [0.4, 0.5) is 5.69 Å². The predicted molar refractivity (Wildman–Crippen MR) is 101 cm³/mol. The van der Waals surface area contributed by atoms with E-state index in [1.165, 1.54) is 16.4 Å². The van der Waals surface area contributed by atoms with E-state index in [4.69, 9.17) is 11.6 Å². The Bertz CT molecular complexity index is 908. The van der Waals surface area contributed by atoms with Crippen LogP contribution in [-0.2, 0) is 10.0 Å². The van der Waals surface area contributed by atoms with Crippen LogP contribution in [0.25, 0.3) is 0 Å². The monoisotopic (exact) mass is 415 g/mol. The molecule has 3 rings (SSSR count). The first-order valence-corrected chi connectivity index (χ1v) is 10.7. The van der Waals surface area contributed by atoms with E-state index in [0.29, 0.717) is 30.5 Å². The van der Waals surface area contributed by atoms with Crippen molar-refractivity contribution in [3.8, 4) is 0 Å². The fourth-order valence-electron chi connectivity index (χ4n) is 3.00. The zero-order valence-electron chi connectivity index (χ0n) is 14.0. The number of hydrogen-bond donors (Lipinski definition) is 0. The Balaban J connectivity index is 1.68. The van der Waals surface area contributed by atoms with Gasteiger partial charge in [0.25, 0.3) is 15.7 Å². The lowest BCUT2D eigenvalue weighted by Gasteiger charge is -2.37. The number of halogens is 1. The van der Waals surface area contributed by atoms with Gasteiger partial charge in [-0.15, -0.1) is 11.3 Å². The van der Waals surface area contributed by atoms with Crippen LogP contribution in [-0.4, -0.2) is 48.7 Å². The number of sulfonamides is 1. The van der Waals surface area contributed by atoms with Gasteiger partial charge in [0.15, 0.2) is 0 Å². The van der Waals surface area contributed by atoms with Crippen molar-refractivity contribution < 1.29 is 13.3 Å². The van der Waals surface area contributed by atoms with E-state index in [-0.39, 0.29) is 15.9 Å². The van der Waals surface area contributed by atoms with Crippen LogP contribution in [0.5, 0.6) is 0 Å². The third kappa shape index (κ3) is 3.91. The van der Waals surface area contributed by atoms with Gasteiger partial charge in [-0.1, -0.05) is 23.7 Å². The quantitative estimate of drug-likeness (QED) is 0.552. The number of nitro groups is 1. The topological polar surface area (TPSA) is 83.8 Å². The number of nitro benzene ring substituents is 1. The highest BCUT2D eigenvalue weighted by molar-refractivity contribution is 7.91. The van der Waals surface area contributed by atoms with E-state index in [1.807, 2.05) is 13.0 Å². The molecule has 1 unspecified atom stereocenters. The molecule has 10 heteroatoms. The highest BCUT2D eigenvalue weighted by atomic mass is 35.5. The number of non-ortho nitro benzene ring substituents is 1. The van der Waals surface area contributed by atoms with Gasteiger partial charge in [0.05, 0.1) is 9.26 Å². The first kappa shape index (κ1) is 19.2. The molecule has 0 radical (unpaired) electrons. The summed E-state index contributed by atoms with van der Waals surface area (Å²) in [5.74, 6) is 0. The van der Waals surface area contributed by atoms with Crippen molar-refractivity contribution in [3.05, 3.63) is 56.4 Å². The molecule has 1 aromatic carbocycles. The summed E-state index contributed by atoms with van der Waals surface area (Å²) in [6.45, 7) is 3.83. The van der Waals surface area contributed by atoms with Gasteiger partial charge in [-0.05, 0) is 24.6 Å². The Morgan fingerprint density at radius 3 is 2.46 bits per heavy atom. The Morgan fingerprint density at radius 1 is 1.19 bits per heavy atom. The number of thiophene rings is 1. The van der Waals surface area contributed by atoms with E-state index in [9.17, 15) is 18.5 Å². The van der Waals surface area contributed by atoms with Crippen molar-refractivity contribution in [1.29, 1.82) is 0 Å². The lowest BCUT2D eigenvalue weighted by Crippen LogP contribution is -2.49. The van der Waals surface area contributed by atoms with Gasteiger partial charge < -0.3 is 0 Å². The number of hydrogen-bond acceptors (Lipinski definition) is 6. The van der Waals surface area contributed by atoms with Crippen LogP contribution in [0.2, 0.25) is 4.34 Å². The number of piperazine rings is 1. The van der Waals surface area contributed by atoms with Crippen molar-refractivity contribution in [2.45, 2.75) is 17.2 Å². The molecule has 1 saturated heterocycles. The minimum absolute atomic E-state index is 0.0315. The van der Waals surface area contributed by atoms with Gasteiger partial charge in [0.2, 0.25) is 0 Å². The summed E-state index contributed by atoms with van der Waals surface area (Å²) in [6, 6.07) is 9.64. The standard InChI is InChI=1S/C16H18ClN3O4S2/c1-12(13-3-2-4-14(11-13)20(21)22)18-7-9-19(10-8-18)26(23,24)16-6-5-15(17)25-16/h2-6,11-12H,7-10H2,1H3. The summed E-state index contributed by atoms with van der Waals surface area (Å²) < 4.78 is 27.5. The maximum atomic E-state index is 12.7.